The fraction of sp³-hybridized carbons (Fsp3) is 0.273. The highest BCUT2D eigenvalue weighted by atomic mass is 16.4. The standard InChI is InChI=1S/C11H13NO3/c1-12(2)10-4-3-8(7-13)9(5-10)6-11(14)15/h3-5,7H,6H2,1-2H3,(H,14,15). The zero-order valence-electron chi connectivity index (χ0n) is 8.73. The van der Waals surface area contributed by atoms with Crippen LogP contribution in [0.2, 0.25) is 0 Å². The van der Waals surface area contributed by atoms with Gasteiger partial charge in [-0.2, -0.15) is 0 Å². The Morgan fingerprint density at radius 2 is 2.13 bits per heavy atom. The van der Waals surface area contributed by atoms with Crippen LogP contribution >= 0.6 is 0 Å². The molecule has 0 heterocycles. The zero-order valence-corrected chi connectivity index (χ0v) is 8.73. The van der Waals surface area contributed by atoms with Crippen molar-refractivity contribution < 1.29 is 14.7 Å². The molecular weight excluding hydrogens is 194 g/mol. The van der Waals surface area contributed by atoms with Crippen molar-refractivity contribution >= 4 is 17.9 Å². The fourth-order valence-electron chi connectivity index (χ4n) is 1.30. The summed E-state index contributed by atoms with van der Waals surface area (Å²) >= 11 is 0. The van der Waals surface area contributed by atoms with Crippen LogP contribution in [-0.4, -0.2) is 31.5 Å². The van der Waals surface area contributed by atoms with E-state index in [-0.39, 0.29) is 6.42 Å². The van der Waals surface area contributed by atoms with Crippen molar-refractivity contribution in [2.24, 2.45) is 0 Å². The molecule has 0 saturated carbocycles. The first kappa shape index (κ1) is 11.2. The summed E-state index contributed by atoms with van der Waals surface area (Å²) in [6.45, 7) is 0. The molecule has 0 aliphatic rings. The highest BCUT2D eigenvalue weighted by molar-refractivity contribution is 5.82. The molecule has 4 heteroatoms. The molecule has 4 nitrogen and oxygen atoms in total. The van der Waals surface area contributed by atoms with E-state index >= 15 is 0 Å². The molecule has 0 aliphatic carbocycles. The van der Waals surface area contributed by atoms with Crippen LogP contribution in [0.4, 0.5) is 5.69 Å². The third-order valence-electron chi connectivity index (χ3n) is 2.11. The number of benzene rings is 1. The van der Waals surface area contributed by atoms with Crippen LogP contribution in [0.25, 0.3) is 0 Å². The van der Waals surface area contributed by atoms with Gasteiger partial charge in [0.05, 0.1) is 6.42 Å². The van der Waals surface area contributed by atoms with E-state index in [1.807, 2.05) is 19.0 Å². The molecule has 0 saturated heterocycles. The number of carboxylic acid groups (broad SMARTS) is 1. The lowest BCUT2D eigenvalue weighted by Gasteiger charge is -2.14. The number of carboxylic acids is 1. The van der Waals surface area contributed by atoms with Crippen molar-refractivity contribution in [3.8, 4) is 0 Å². The van der Waals surface area contributed by atoms with Crippen molar-refractivity contribution in [3.05, 3.63) is 29.3 Å². The molecule has 80 valence electrons. The molecule has 1 aromatic carbocycles. The molecule has 1 N–H and O–H groups in total. The van der Waals surface area contributed by atoms with Gasteiger partial charge in [-0.15, -0.1) is 0 Å². The van der Waals surface area contributed by atoms with Crippen LogP contribution in [0.1, 0.15) is 15.9 Å². The summed E-state index contributed by atoms with van der Waals surface area (Å²) in [6, 6.07) is 5.15. The van der Waals surface area contributed by atoms with E-state index in [1.165, 1.54) is 0 Å². The molecule has 0 fully saturated rings. The maximum absolute atomic E-state index is 10.7. The average molecular weight is 207 g/mol. The maximum atomic E-state index is 10.7. The van der Waals surface area contributed by atoms with Gasteiger partial charge in [-0.1, -0.05) is 0 Å². The molecule has 15 heavy (non-hydrogen) atoms. The number of nitrogens with zero attached hydrogens (tertiary/aromatic N) is 1. The summed E-state index contributed by atoms with van der Waals surface area (Å²) in [4.78, 5) is 23.1. The number of carbonyl (C=O) groups is 2. The van der Waals surface area contributed by atoms with Crippen LogP contribution in [0.5, 0.6) is 0 Å². The van der Waals surface area contributed by atoms with Crippen molar-refractivity contribution in [2.75, 3.05) is 19.0 Å². The molecule has 0 amide bonds. The van der Waals surface area contributed by atoms with Gasteiger partial charge in [0, 0.05) is 25.3 Å². The van der Waals surface area contributed by atoms with Crippen molar-refractivity contribution in [3.63, 3.8) is 0 Å². The normalized spacial score (nSPS) is 9.73. The largest absolute Gasteiger partial charge is 0.481 e. The van der Waals surface area contributed by atoms with Gasteiger partial charge < -0.3 is 10.0 Å². The van der Waals surface area contributed by atoms with Gasteiger partial charge in [-0.05, 0) is 23.8 Å². The first-order chi connectivity index (χ1) is 7.04. The van der Waals surface area contributed by atoms with Crippen molar-refractivity contribution in [1.29, 1.82) is 0 Å². The first-order valence-electron chi connectivity index (χ1n) is 4.52. The highest BCUT2D eigenvalue weighted by Gasteiger charge is 2.08. The van der Waals surface area contributed by atoms with E-state index < -0.39 is 5.97 Å². The van der Waals surface area contributed by atoms with E-state index in [1.54, 1.807) is 18.2 Å². The number of anilines is 1. The summed E-state index contributed by atoms with van der Waals surface area (Å²) in [7, 11) is 3.72. The Labute approximate surface area is 88.1 Å². The smallest absolute Gasteiger partial charge is 0.307 e. The third-order valence-corrected chi connectivity index (χ3v) is 2.11. The molecular formula is C11H13NO3. The lowest BCUT2D eigenvalue weighted by atomic mass is 10.0. The summed E-state index contributed by atoms with van der Waals surface area (Å²) in [5.41, 5.74) is 1.86. The van der Waals surface area contributed by atoms with E-state index in [9.17, 15) is 9.59 Å². The monoisotopic (exact) mass is 207 g/mol. The Balaban J connectivity index is 3.12. The lowest BCUT2D eigenvalue weighted by molar-refractivity contribution is -0.136. The quantitative estimate of drug-likeness (QED) is 0.753. The van der Waals surface area contributed by atoms with Gasteiger partial charge >= 0.3 is 5.97 Å². The number of carbonyl (C=O) groups excluding carboxylic acids is 1. The summed E-state index contributed by atoms with van der Waals surface area (Å²) in [6.07, 6.45) is 0.549. The molecule has 0 bridgehead atoms. The zero-order chi connectivity index (χ0) is 11.4. The van der Waals surface area contributed by atoms with Gasteiger partial charge in [-0.3, -0.25) is 9.59 Å². The first-order valence-corrected chi connectivity index (χ1v) is 4.52. The van der Waals surface area contributed by atoms with Crippen LogP contribution in [0.3, 0.4) is 0 Å². The Morgan fingerprint density at radius 3 is 2.60 bits per heavy atom. The molecule has 1 rings (SSSR count). The van der Waals surface area contributed by atoms with Crippen LogP contribution in [0.15, 0.2) is 18.2 Å². The summed E-state index contributed by atoms with van der Waals surface area (Å²) in [5.74, 6) is -0.936. The second kappa shape index (κ2) is 4.59. The second-order valence-corrected chi connectivity index (χ2v) is 3.47. The third kappa shape index (κ3) is 2.80. The van der Waals surface area contributed by atoms with Gasteiger partial charge in [0.1, 0.15) is 6.29 Å². The Bertz CT molecular complexity index is 385. The van der Waals surface area contributed by atoms with Gasteiger partial charge in [0.25, 0.3) is 0 Å². The van der Waals surface area contributed by atoms with Crippen LogP contribution < -0.4 is 4.90 Å². The number of hydrogen-bond donors (Lipinski definition) is 1. The minimum atomic E-state index is -0.936. The predicted octanol–water partition coefficient (Wildman–Crippen LogP) is 1.19. The Kier molecular flexibility index (Phi) is 3.44. The summed E-state index contributed by atoms with van der Waals surface area (Å²) in [5, 5.41) is 8.69. The van der Waals surface area contributed by atoms with E-state index in [2.05, 4.69) is 0 Å². The van der Waals surface area contributed by atoms with Crippen LogP contribution in [0, 0.1) is 0 Å². The van der Waals surface area contributed by atoms with Crippen LogP contribution in [-0.2, 0) is 11.2 Å². The minimum absolute atomic E-state index is 0.129. The highest BCUT2D eigenvalue weighted by Crippen LogP contribution is 2.17. The summed E-state index contributed by atoms with van der Waals surface area (Å²) < 4.78 is 0. The molecule has 1 aromatic rings. The van der Waals surface area contributed by atoms with E-state index in [4.69, 9.17) is 5.11 Å². The van der Waals surface area contributed by atoms with Crippen molar-refractivity contribution in [1.82, 2.24) is 0 Å². The molecule has 0 aromatic heterocycles. The van der Waals surface area contributed by atoms with Gasteiger partial charge in [0.15, 0.2) is 0 Å². The Hall–Kier alpha value is -1.84. The topological polar surface area (TPSA) is 57.6 Å². The van der Waals surface area contributed by atoms with Crippen molar-refractivity contribution in [2.45, 2.75) is 6.42 Å². The minimum Gasteiger partial charge on any atom is -0.481 e. The van der Waals surface area contributed by atoms with E-state index in [0.29, 0.717) is 17.4 Å². The lowest BCUT2D eigenvalue weighted by Crippen LogP contribution is -2.10. The number of hydrogen-bond acceptors (Lipinski definition) is 3. The van der Waals surface area contributed by atoms with Gasteiger partial charge in [0.2, 0.25) is 0 Å². The van der Waals surface area contributed by atoms with E-state index in [0.717, 1.165) is 5.69 Å². The molecule has 0 unspecified atom stereocenters. The molecule has 0 spiro atoms. The SMILES string of the molecule is CN(C)c1ccc(C=O)c(CC(=O)O)c1. The molecule has 0 radical (unpaired) electrons. The van der Waals surface area contributed by atoms with Gasteiger partial charge in [-0.25, -0.2) is 0 Å². The average Bonchev–Trinajstić information content (AvgIpc) is 2.16. The predicted molar refractivity (Wildman–Crippen MR) is 57.5 cm³/mol. The molecule has 0 aliphatic heterocycles. The number of aldehydes is 1. The number of rotatable bonds is 4. The number of aliphatic carboxylic acids is 1. The Morgan fingerprint density at radius 1 is 1.47 bits per heavy atom. The maximum Gasteiger partial charge on any atom is 0.307 e. The fourth-order valence-corrected chi connectivity index (χ4v) is 1.30. The molecule has 0 atom stereocenters. The second-order valence-electron chi connectivity index (χ2n) is 3.47.